The monoisotopic (exact) mass is 258 g/mol. The molecule has 104 valence electrons. The van der Waals surface area contributed by atoms with Crippen molar-refractivity contribution in [3.63, 3.8) is 0 Å². The molecule has 3 rings (SSSR count). The van der Waals surface area contributed by atoms with Crippen molar-refractivity contribution < 1.29 is 0 Å². The molecule has 2 saturated carbocycles. The third-order valence-corrected chi connectivity index (χ3v) is 4.31. The summed E-state index contributed by atoms with van der Waals surface area (Å²) in [6, 6.07) is 8.90. The minimum Gasteiger partial charge on any atom is -0.316 e. The minimum absolute atomic E-state index is 0.983. The molecule has 1 N–H and O–H groups in total. The van der Waals surface area contributed by atoms with Crippen LogP contribution >= 0.6 is 0 Å². The van der Waals surface area contributed by atoms with Gasteiger partial charge in [-0.25, -0.2) is 0 Å². The average Bonchev–Trinajstić information content (AvgIpc) is 3.28. The largest absolute Gasteiger partial charge is 0.316 e. The zero-order chi connectivity index (χ0) is 13.1. The van der Waals surface area contributed by atoms with E-state index in [0.717, 1.165) is 24.9 Å². The second kappa shape index (κ2) is 6.06. The second-order valence-electron chi connectivity index (χ2n) is 6.38. The Hall–Kier alpha value is -0.860. The Morgan fingerprint density at radius 1 is 1.00 bits per heavy atom. The Balaban J connectivity index is 1.64. The molecule has 2 aliphatic carbocycles. The number of rotatable bonds is 8. The van der Waals surface area contributed by atoms with Gasteiger partial charge in [0.2, 0.25) is 0 Å². The second-order valence-corrected chi connectivity index (χ2v) is 6.38. The van der Waals surface area contributed by atoms with E-state index >= 15 is 0 Å². The lowest BCUT2D eigenvalue weighted by Crippen LogP contribution is -2.28. The summed E-state index contributed by atoms with van der Waals surface area (Å²) < 4.78 is 0. The van der Waals surface area contributed by atoms with Crippen LogP contribution in [0.4, 0.5) is 0 Å². The van der Waals surface area contributed by atoms with E-state index in [-0.39, 0.29) is 0 Å². The lowest BCUT2D eigenvalue weighted by atomic mass is 10.1. The normalized spacial score (nSPS) is 19.1. The Kier molecular flexibility index (Phi) is 4.19. The van der Waals surface area contributed by atoms with Crippen molar-refractivity contribution in [3.8, 4) is 0 Å². The van der Waals surface area contributed by atoms with Crippen LogP contribution in [0.1, 0.15) is 36.8 Å². The summed E-state index contributed by atoms with van der Waals surface area (Å²) in [6.45, 7) is 4.77. The van der Waals surface area contributed by atoms with Crippen LogP contribution in [0, 0.1) is 11.8 Å². The summed E-state index contributed by atoms with van der Waals surface area (Å²) in [6.07, 6.45) is 5.83. The van der Waals surface area contributed by atoms with Gasteiger partial charge in [0.25, 0.3) is 0 Å². The molecule has 0 bridgehead atoms. The predicted molar refractivity (Wildman–Crippen MR) is 79.9 cm³/mol. The quantitative estimate of drug-likeness (QED) is 0.771. The SMILES string of the molecule is CNCc1ccccc1CN(CC1CC1)CC1CC1. The van der Waals surface area contributed by atoms with Crippen molar-refractivity contribution in [3.05, 3.63) is 35.4 Å². The van der Waals surface area contributed by atoms with Crippen molar-refractivity contribution in [1.29, 1.82) is 0 Å². The van der Waals surface area contributed by atoms with Crippen molar-refractivity contribution in [2.24, 2.45) is 11.8 Å². The summed E-state index contributed by atoms with van der Waals surface area (Å²) in [7, 11) is 2.03. The highest BCUT2D eigenvalue weighted by Gasteiger charge is 2.29. The van der Waals surface area contributed by atoms with E-state index in [1.54, 1.807) is 0 Å². The molecule has 2 heteroatoms. The molecule has 0 atom stereocenters. The average molecular weight is 258 g/mol. The van der Waals surface area contributed by atoms with E-state index in [1.807, 2.05) is 7.05 Å². The molecule has 0 spiro atoms. The molecule has 0 radical (unpaired) electrons. The molecule has 0 heterocycles. The van der Waals surface area contributed by atoms with Gasteiger partial charge in [0.05, 0.1) is 0 Å². The molecule has 2 fully saturated rings. The fraction of sp³-hybridized carbons (Fsp3) is 0.647. The Labute approximate surface area is 117 Å². The molecule has 0 unspecified atom stereocenters. The van der Waals surface area contributed by atoms with Crippen LogP contribution in [-0.4, -0.2) is 25.0 Å². The molecule has 1 aromatic rings. The van der Waals surface area contributed by atoms with Gasteiger partial charge in [-0.1, -0.05) is 24.3 Å². The first kappa shape index (κ1) is 13.1. The van der Waals surface area contributed by atoms with E-state index in [9.17, 15) is 0 Å². The van der Waals surface area contributed by atoms with E-state index in [0.29, 0.717) is 0 Å². The molecule has 0 aliphatic heterocycles. The highest BCUT2D eigenvalue weighted by atomic mass is 15.1. The summed E-state index contributed by atoms with van der Waals surface area (Å²) in [4.78, 5) is 2.71. The molecule has 0 saturated heterocycles. The summed E-state index contributed by atoms with van der Waals surface area (Å²) in [5, 5.41) is 3.29. The number of hydrogen-bond acceptors (Lipinski definition) is 2. The van der Waals surface area contributed by atoms with Crippen LogP contribution in [0.25, 0.3) is 0 Å². The number of benzene rings is 1. The van der Waals surface area contributed by atoms with Gasteiger partial charge in [-0.05, 0) is 55.7 Å². The Morgan fingerprint density at radius 2 is 1.58 bits per heavy atom. The standard InChI is InChI=1S/C17H26N2/c1-18-10-16-4-2-3-5-17(16)13-19(11-14-6-7-14)12-15-8-9-15/h2-5,14-15,18H,6-13H2,1H3. The van der Waals surface area contributed by atoms with Crippen LogP contribution in [-0.2, 0) is 13.1 Å². The van der Waals surface area contributed by atoms with Crippen molar-refractivity contribution >= 4 is 0 Å². The van der Waals surface area contributed by atoms with Crippen molar-refractivity contribution in [1.82, 2.24) is 10.2 Å². The van der Waals surface area contributed by atoms with Gasteiger partial charge in [0.1, 0.15) is 0 Å². The molecular formula is C17H26N2. The highest BCUT2D eigenvalue weighted by Crippen LogP contribution is 2.34. The van der Waals surface area contributed by atoms with E-state index in [1.165, 1.54) is 49.9 Å². The summed E-state index contributed by atoms with van der Waals surface area (Å²) in [5.41, 5.74) is 2.97. The van der Waals surface area contributed by atoms with E-state index in [4.69, 9.17) is 0 Å². The molecule has 2 nitrogen and oxygen atoms in total. The van der Waals surface area contributed by atoms with Crippen LogP contribution < -0.4 is 5.32 Å². The first-order valence-electron chi connectivity index (χ1n) is 7.79. The number of hydrogen-bond donors (Lipinski definition) is 1. The van der Waals surface area contributed by atoms with Gasteiger partial charge in [-0.2, -0.15) is 0 Å². The smallest absolute Gasteiger partial charge is 0.0237 e. The van der Waals surface area contributed by atoms with Gasteiger partial charge < -0.3 is 5.32 Å². The van der Waals surface area contributed by atoms with Crippen LogP contribution in [0.3, 0.4) is 0 Å². The lowest BCUT2D eigenvalue weighted by Gasteiger charge is -2.23. The third kappa shape index (κ3) is 4.05. The third-order valence-electron chi connectivity index (χ3n) is 4.31. The number of nitrogens with zero attached hydrogens (tertiary/aromatic N) is 1. The first-order chi connectivity index (χ1) is 9.35. The topological polar surface area (TPSA) is 15.3 Å². The zero-order valence-corrected chi connectivity index (χ0v) is 12.1. The molecule has 2 aliphatic rings. The fourth-order valence-corrected chi connectivity index (χ4v) is 2.85. The Bertz CT molecular complexity index is 393. The van der Waals surface area contributed by atoms with Gasteiger partial charge in [0, 0.05) is 26.2 Å². The maximum Gasteiger partial charge on any atom is 0.0237 e. The van der Waals surface area contributed by atoms with Gasteiger partial charge >= 0.3 is 0 Å². The highest BCUT2D eigenvalue weighted by molar-refractivity contribution is 5.27. The predicted octanol–water partition coefficient (Wildman–Crippen LogP) is 3.03. The number of nitrogens with one attached hydrogen (secondary N) is 1. The molecule has 0 amide bonds. The van der Waals surface area contributed by atoms with Crippen molar-refractivity contribution in [2.45, 2.75) is 38.8 Å². The maximum absolute atomic E-state index is 3.29. The molecular weight excluding hydrogens is 232 g/mol. The van der Waals surface area contributed by atoms with E-state index < -0.39 is 0 Å². The van der Waals surface area contributed by atoms with Crippen molar-refractivity contribution in [2.75, 3.05) is 20.1 Å². The zero-order valence-electron chi connectivity index (χ0n) is 12.1. The Morgan fingerprint density at radius 3 is 2.11 bits per heavy atom. The summed E-state index contributed by atoms with van der Waals surface area (Å²) in [5.74, 6) is 1.99. The van der Waals surface area contributed by atoms with Crippen LogP contribution in [0.2, 0.25) is 0 Å². The molecule has 19 heavy (non-hydrogen) atoms. The van der Waals surface area contributed by atoms with Crippen LogP contribution in [0.5, 0.6) is 0 Å². The van der Waals surface area contributed by atoms with Gasteiger partial charge in [-0.3, -0.25) is 4.90 Å². The maximum atomic E-state index is 3.29. The van der Waals surface area contributed by atoms with Gasteiger partial charge in [-0.15, -0.1) is 0 Å². The summed E-state index contributed by atoms with van der Waals surface area (Å²) >= 11 is 0. The molecule has 0 aromatic heterocycles. The van der Waals surface area contributed by atoms with Gasteiger partial charge in [0.15, 0.2) is 0 Å². The molecule has 1 aromatic carbocycles. The first-order valence-corrected chi connectivity index (χ1v) is 7.79. The lowest BCUT2D eigenvalue weighted by molar-refractivity contribution is 0.243. The fourth-order valence-electron chi connectivity index (χ4n) is 2.85. The van der Waals surface area contributed by atoms with E-state index in [2.05, 4.69) is 34.5 Å². The van der Waals surface area contributed by atoms with Crippen LogP contribution in [0.15, 0.2) is 24.3 Å². The minimum atomic E-state index is 0.983.